The zero-order chi connectivity index (χ0) is 15.6. The van der Waals surface area contributed by atoms with Crippen LogP contribution in [-0.2, 0) is 9.63 Å². The van der Waals surface area contributed by atoms with Crippen LogP contribution in [0.2, 0.25) is 5.02 Å². The average molecular weight is 317 g/mol. The van der Waals surface area contributed by atoms with Crippen LogP contribution < -0.4 is 11.2 Å². The molecule has 3 N–H and O–H groups in total. The van der Waals surface area contributed by atoms with E-state index in [1.54, 1.807) is 0 Å². The third-order valence-corrected chi connectivity index (χ3v) is 4.41. The zero-order valence-corrected chi connectivity index (χ0v) is 12.8. The van der Waals surface area contributed by atoms with E-state index < -0.39 is 0 Å². The van der Waals surface area contributed by atoms with Gasteiger partial charge in [0.25, 0.3) is 0 Å². The first kappa shape index (κ1) is 15.0. The summed E-state index contributed by atoms with van der Waals surface area (Å²) in [6, 6.07) is 7.41. The van der Waals surface area contributed by atoms with Gasteiger partial charge in [0.05, 0.1) is 0 Å². The Bertz CT molecular complexity index is 679. The Morgan fingerprint density at radius 3 is 2.82 bits per heavy atom. The van der Waals surface area contributed by atoms with Gasteiger partial charge in [-0.05, 0) is 55.9 Å². The molecule has 1 aliphatic heterocycles. The van der Waals surface area contributed by atoms with Crippen LogP contribution in [0, 0.1) is 17.8 Å². The molecule has 1 aliphatic carbocycles. The molecule has 0 saturated heterocycles. The van der Waals surface area contributed by atoms with Gasteiger partial charge in [-0.25, -0.2) is 0 Å². The summed E-state index contributed by atoms with van der Waals surface area (Å²) in [5, 5.41) is 0.664. The van der Waals surface area contributed by atoms with Crippen molar-refractivity contribution in [1.29, 1.82) is 0 Å². The standard InChI is InChI=1S/C17H17ClN2O2/c18-14-3-1-2-12(10-14)4-5-15-11-17(22-20-15)8-6-13(7-9-17)16(19)21/h1-3,10-11,13,20H,6-9H2,(H2,19,21). The molecule has 114 valence electrons. The lowest BCUT2D eigenvalue weighted by Gasteiger charge is -2.32. The van der Waals surface area contributed by atoms with Crippen LogP contribution in [0.1, 0.15) is 31.2 Å². The molecule has 0 unspecified atom stereocenters. The SMILES string of the molecule is NC(=O)C1CCC2(C=C(C#Cc3cccc(Cl)c3)NO2)CC1. The molecule has 4 nitrogen and oxygen atoms in total. The van der Waals surface area contributed by atoms with Crippen LogP contribution in [0.5, 0.6) is 0 Å². The lowest BCUT2D eigenvalue weighted by molar-refractivity contribution is -0.125. The van der Waals surface area contributed by atoms with Gasteiger partial charge in [0.1, 0.15) is 11.3 Å². The fourth-order valence-electron chi connectivity index (χ4n) is 2.88. The molecule has 0 bridgehead atoms. The number of carbonyl (C=O) groups excluding carboxylic acids is 1. The lowest BCUT2D eigenvalue weighted by atomic mass is 9.78. The maximum Gasteiger partial charge on any atom is 0.220 e. The number of hydroxylamine groups is 1. The van der Waals surface area contributed by atoms with Crippen LogP contribution in [0.3, 0.4) is 0 Å². The van der Waals surface area contributed by atoms with E-state index in [0.717, 1.165) is 36.9 Å². The molecule has 1 saturated carbocycles. The minimum absolute atomic E-state index is 0.0378. The highest BCUT2D eigenvalue weighted by Crippen LogP contribution is 2.38. The van der Waals surface area contributed by atoms with Gasteiger partial charge in [0.2, 0.25) is 5.91 Å². The molecule has 1 aromatic rings. The number of primary amides is 1. The largest absolute Gasteiger partial charge is 0.369 e. The molecule has 5 heteroatoms. The molecule has 1 aromatic carbocycles. The fourth-order valence-corrected chi connectivity index (χ4v) is 3.07. The Morgan fingerprint density at radius 2 is 2.14 bits per heavy atom. The van der Waals surface area contributed by atoms with Crippen molar-refractivity contribution >= 4 is 17.5 Å². The van der Waals surface area contributed by atoms with Crippen LogP contribution in [0.25, 0.3) is 0 Å². The Morgan fingerprint density at radius 1 is 1.36 bits per heavy atom. The summed E-state index contributed by atoms with van der Waals surface area (Å²) < 4.78 is 0. The summed E-state index contributed by atoms with van der Waals surface area (Å²) in [5.74, 6) is 5.86. The monoisotopic (exact) mass is 316 g/mol. The van der Waals surface area contributed by atoms with Crippen molar-refractivity contribution in [3.05, 3.63) is 46.6 Å². The van der Waals surface area contributed by atoms with Gasteiger partial charge in [-0.3, -0.25) is 15.1 Å². The molecule has 1 spiro atoms. The Kier molecular flexibility index (Phi) is 4.10. The molecule has 22 heavy (non-hydrogen) atoms. The number of carbonyl (C=O) groups is 1. The number of benzene rings is 1. The number of hydrogen-bond donors (Lipinski definition) is 2. The van der Waals surface area contributed by atoms with Gasteiger partial charge in [-0.15, -0.1) is 0 Å². The minimum Gasteiger partial charge on any atom is -0.369 e. The number of nitrogens with one attached hydrogen (secondary N) is 1. The normalized spacial score (nSPS) is 26.8. The van der Waals surface area contributed by atoms with Crippen LogP contribution in [0.4, 0.5) is 0 Å². The van der Waals surface area contributed by atoms with Crippen LogP contribution in [-0.4, -0.2) is 11.5 Å². The first-order valence-corrected chi connectivity index (χ1v) is 7.68. The van der Waals surface area contributed by atoms with Crippen molar-refractivity contribution < 1.29 is 9.63 Å². The summed E-state index contributed by atoms with van der Waals surface area (Å²) in [7, 11) is 0. The van der Waals surface area contributed by atoms with E-state index in [1.807, 2.05) is 30.3 Å². The molecule has 1 amide bonds. The molecule has 1 heterocycles. The third kappa shape index (κ3) is 3.27. The van der Waals surface area contributed by atoms with Crippen molar-refractivity contribution in [3.8, 4) is 11.8 Å². The zero-order valence-electron chi connectivity index (χ0n) is 12.1. The number of amides is 1. The molecular formula is C17H17ClN2O2. The van der Waals surface area contributed by atoms with E-state index in [-0.39, 0.29) is 17.4 Å². The molecule has 3 rings (SSSR count). The average Bonchev–Trinajstić information content (AvgIpc) is 2.89. The molecule has 0 radical (unpaired) electrons. The predicted octanol–water partition coefficient (Wildman–Crippen LogP) is 2.52. The van der Waals surface area contributed by atoms with E-state index in [1.165, 1.54) is 0 Å². The van der Waals surface area contributed by atoms with E-state index in [2.05, 4.69) is 17.3 Å². The van der Waals surface area contributed by atoms with Gasteiger partial charge in [0, 0.05) is 16.5 Å². The number of nitrogens with two attached hydrogens (primary N) is 1. The number of hydrogen-bond acceptors (Lipinski definition) is 3. The van der Waals surface area contributed by atoms with Crippen LogP contribution >= 0.6 is 11.6 Å². The quantitative estimate of drug-likeness (QED) is 0.783. The first-order chi connectivity index (χ1) is 10.6. The summed E-state index contributed by atoms with van der Waals surface area (Å²) in [4.78, 5) is 16.9. The van der Waals surface area contributed by atoms with Gasteiger partial charge >= 0.3 is 0 Å². The number of allylic oxidation sites excluding steroid dienone is 1. The summed E-state index contributed by atoms with van der Waals surface area (Å²) in [6.07, 6.45) is 5.07. The van der Waals surface area contributed by atoms with E-state index >= 15 is 0 Å². The molecular weight excluding hydrogens is 300 g/mol. The maximum absolute atomic E-state index is 11.2. The maximum atomic E-state index is 11.2. The van der Waals surface area contributed by atoms with Gasteiger partial charge in [-0.1, -0.05) is 23.6 Å². The smallest absolute Gasteiger partial charge is 0.220 e. The highest BCUT2D eigenvalue weighted by Gasteiger charge is 2.40. The summed E-state index contributed by atoms with van der Waals surface area (Å²) >= 11 is 5.94. The van der Waals surface area contributed by atoms with E-state index in [0.29, 0.717) is 5.02 Å². The first-order valence-electron chi connectivity index (χ1n) is 7.30. The Hall–Kier alpha value is -1.96. The highest BCUT2D eigenvalue weighted by molar-refractivity contribution is 6.30. The van der Waals surface area contributed by atoms with Gasteiger partial charge in [0.15, 0.2) is 0 Å². The van der Waals surface area contributed by atoms with Crippen molar-refractivity contribution in [1.82, 2.24) is 5.48 Å². The van der Waals surface area contributed by atoms with Crippen molar-refractivity contribution in [2.75, 3.05) is 0 Å². The second kappa shape index (κ2) is 6.04. The predicted molar refractivity (Wildman–Crippen MR) is 84.5 cm³/mol. The molecule has 1 fully saturated rings. The Labute approximate surface area is 134 Å². The summed E-state index contributed by atoms with van der Waals surface area (Å²) in [6.45, 7) is 0. The van der Waals surface area contributed by atoms with Crippen molar-refractivity contribution in [2.24, 2.45) is 11.7 Å². The van der Waals surface area contributed by atoms with Crippen molar-refractivity contribution in [2.45, 2.75) is 31.3 Å². The summed E-state index contributed by atoms with van der Waals surface area (Å²) in [5.41, 5.74) is 9.49. The fraction of sp³-hybridized carbons (Fsp3) is 0.353. The topological polar surface area (TPSA) is 64.4 Å². The highest BCUT2D eigenvalue weighted by atomic mass is 35.5. The molecule has 2 aliphatic rings. The minimum atomic E-state index is -0.357. The Balaban J connectivity index is 1.69. The van der Waals surface area contributed by atoms with Gasteiger partial charge < -0.3 is 5.73 Å². The van der Waals surface area contributed by atoms with Crippen LogP contribution in [0.15, 0.2) is 36.0 Å². The second-order valence-corrected chi connectivity index (χ2v) is 6.20. The number of halogens is 1. The lowest BCUT2D eigenvalue weighted by Crippen LogP contribution is -2.38. The molecule has 0 atom stereocenters. The van der Waals surface area contributed by atoms with E-state index in [4.69, 9.17) is 22.2 Å². The number of rotatable bonds is 1. The second-order valence-electron chi connectivity index (χ2n) is 5.76. The van der Waals surface area contributed by atoms with Gasteiger partial charge in [-0.2, -0.15) is 0 Å². The third-order valence-electron chi connectivity index (χ3n) is 4.17. The van der Waals surface area contributed by atoms with Crippen molar-refractivity contribution in [3.63, 3.8) is 0 Å². The molecule has 0 aromatic heterocycles. The van der Waals surface area contributed by atoms with E-state index in [9.17, 15) is 4.79 Å².